The molecule has 2 aromatic carbocycles. The Labute approximate surface area is 183 Å². The zero-order chi connectivity index (χ0) is 21.8. The standard InChI is InChI=1S/C22H21ClFNO4S/c1-4-13(2)29-20-16(23)9-14(10-18(20)28-3)11-19-21(26)25(22(27)30-19)12-15-7-5-6-8-17(15)24/h5-11,13H,4,12H2,1-3H3/b19-11-/t13-/m1/s1. The number of carbonyl (C=O) groups excluding carboxylic acids is 2. The molecule has 1 aliphatic rings. The molecule has 0 radical (unpaired) electrons. The molecule has 30 heavy (non-hydrogen) atoms. The largest absolute Gasteiger partial charge is 0.493 e. The zero-order valence-electron chi connectivity index (χ0n) is 16.8. The van der Waals surface area contributed by atoms with Crippen LogP contribution in [0.2, 0.25) is 5.02 Å². The zero-order valence-corrected chi connectivity index (χ0v) is 18.3. The first-order valence-electron chi connectivity index (χ1n) is 9.37. The van der Waals surface area contributed by atoms with Crippen molar-refractivity contribution in [2.24, 2.45) is 0 Å². The van der Waals surface area contributed by atoms with E-state index in [0.717, 1.165) is 23.1 Å². The quantitative estimate of drug-likeness (QED) is 0.492. The Morgan fingerprint density at radius 2 is 2.00 bits per heavy atom. The number of carbonyl (C=O) groups is 2. The number of halogens is 2. The number of methoxy groups -OCH3 is 1. The van der Waals surface area contributed by atoms with Gasteiger partial charge >= 0.3 is 0 Å². The Morgan fingerprint density at radius 1 is 1.27 bits per heavy atom. The molecule has 0 bridgehead atoms. The maximum absolute atomic E-state index is 13.9. The Balaban J connectivity index is 1.86. The van der Waals surface area contributed by atoms with Crippen molar-refractivity contribution in [1.82, 2.24) is 4.90 Å². The van der Waals surface area contributed by atoms with Gasteiger partial charge in [-0.2, -0.15) is 0 Å². The van der Waals surface area contributed by atoms with E-state index >= 15 is 0 Å². The van der Waals surface area contributed by atoms with Crippen LogP contribution in [0.15, 0.2) is 41.3 Å². The van der Waals surface area contributed by atoms with Crippen LogP contribution in [0.25, 0.3) is 6.08 Å². The number of nitrogens with zero attached hydrogens (tertiary/aromatic N) is 1. The van der Waals surface area contributed by atoms with E-state index in [1.807, 2.05) is 13.8 Å². The van der Waals surface area contributed by atoms with E-state index in [4.69, 9.17) is 21.1 Å². The van der Waals surface area contributed by atoms with E-state index in [2.05, 4.69) is 0 Å². The number of hydrogen-bond donors (Lipinski definition) is 0. The first kappa shape index (κ1) is 22.2. The van der Waals surface area contributed by atoms with E-state index in [-0.39, 0.29) is 23.1 Å². The molecule has 1 aliphatic heterocycles. The maximum atomic E-state index is 13.9. The summed E-state index contributed by atoms with van der Waals surface area (Å²) in [4.78, 5) is 26.3. The van der Waals surface area contributed by atoms with Gasteiger partial charge in [0, 0.05) is 5.56 Å². The SMILES string of the molecule is CC[C@@H](C)Oc1c(Cl)cc(/C=C2\SC(=O)N(Cc3ccccc3F)C2=O)cc1OC. The second-order valence-electron chi connectivity index (χ2n) is 6.73. The van der Waals surface area contributed by atoms with Crippen molar-refractivity contribution >= 4 is 40.6 Å². The van der Waals surface area contributed by atoms with Crippen molar-refractivity contribution in [3.63, 3.8) is 0 Å². The number of rotatable bonds is 7. The van der Waals surface area contributed by atoms with Crippen LogP contribution >= 0.6 is 23.4 Å². The summed E-state index contributed by atoms with van der Waals surface area (Å²) in [5.41, 5.74) is 0.863. The summed E-state index contributed by atoms with van der Waals surface area (Å²) in [6.07, 6.45) is 2.32. The third kappa shape index (κ3) is 4.79. The summed E-state index contributed by atoms with van der Waals surface area (Å²) in [6.45, 7) is 3.80. The topological polar surface area (TPSA) is 55.8 Å². The highest BCUT2D eigenvalue weighted by Crippen LogP contribution is 2.39. The van der Waals surface area contributed by atoms with Gasteiger partial charge in [0.25, 0.3) is 11.1 Å². The van der Waals surface area contributed by atoms with Crippen molar-refractivity contribution in [3.8, 4) is 11.5 Å². The Bertz CT molecular complexity index is 1010. The van der Waals surface area contributed by atoms with Gasteiger partial charge in [-0.05, 0) is 54.9 Å². The maximum Gasteiger partial charge on any atom is 0.293 e. The molecule has 1 fully saturated rings. The third-order valence-corrected chi connectivity index (χ3v) is 5.79. The summed E-state index contributed by atoms with van der Waals surface area (Å²) in [6, 6.07) is 9.38. The fourth-order valence-corrected chi connectivity index (χ4v) is 3.91. The summed E-state index contributed by atoms with van der Waals surface area (Å²) < 4.78 is 25.1. The lowest BCUT2D eigenvalue weighted by molar-refractivity contribution is -0.123. The lowest BCUT2D eigenvalue weighted by Crippen LogP contribution is -2.27. The van der Waals surface area contributed by atoms with Crippen LogP contribution in [0.3, 0.4) is 0 Å². The molecule has 0 saturated carbocycles. The van der Waals surface area contributed by atoms with Gasteiger partial charge in [0.15, 0.2) is 11.5 Å². The molecule has 0 aliphatic carbocycles. The molecule has 0 spiro atoms. The minimum absolute atomic E-state index is 0.0443. The molecular formula is C22H21ClFNO4S. The van der Waals surface area contributed by atoms with Crippen molar-refractivity contribution in [1.29, 1.82) is 0 Å². The minimum atomic E-state index is -0.483. The lowest BCUT2D eigenvalue weighted by atomic mass is 10.1. The van der Waals surface area contributed by atoms with Crippen LogP contribution in [0.5, 0.6) is 11.5 Å². The van der Waals surface area contributed by atoms with Crippen molar-refractivity contribution in [3.05, 3.63) is 63.3 Å². The molecule has 1 saturated heterocycles. The minimum Gasteiger partial charge on any atom is -0.493 e. The van der Waals surface area contributed by atoms with Gasteiger partial charge in [0.2, 0.25) is 0 Å². The Kier molecular flexibility index (Phi) is 7.05. The number of imide groups is 1. The number of thioether (sulfide) groups is 1. The fourth-order valence-electron chi connectivity index (χ4n) is 2.81. The molecule has 0 N–H and O–H groups in total. The van der Waals surface area contributed by atoms with Gasteiger partial charge in [-0.1, -0.05) is 36.7 Å². The second-order valence-corrected chi connectivity index (χ2v) is 8.13. The summed E-state index contributed by atoms with van der Waals surface area (Å²) in [5, 5.41) is -0.115. The van der Waals surface area contributed by atoms with Gasteiger partial charge in [-0.25, -0.2) is 4.39 Å². The monoisotopic (exact) mass is 449 g/mol. The first-order chi connectivity index (χ1) is 14.3. The summed E-state index contributed by atoms with van der Waals surface area (Å²) in [7, 11) is 1.50. The highest BCUT2D eigenvalue weighted by Gasteiger charge is 2.35. The van der Waals surface area contributed by atoms with E-state index in [1.165, 1.54) is 13.2 Å². The molecule has 158 valence electrons. The molecule has 1 heterocycles. The number of ether oxygens (including phenoxy) is 2. The average Bonchev–Trinajstić information content (AvgIpc) is 2.98. The van der Waals surface area contributed by atoms with Gasteiger partial charge in [0.1, 0.15) is 5.82 Å². The third-order valence-electron chi connectivity index (χ3n) is 4.60. The molecule has 3 rings (SSSR count). The molecule has 0 unspecified atom stereocenters. The highest BCUT2D eigenvalue weighted by atomic mass is 35.5. The molecule has 1 atom stereocenters. The Hall–Kier alpha value is -2.51. The first-order valence-corrected chi connectivity index (χ1v) is 10.6. The predicted molar refractivity (Wildman–Crippen MR) is 116 cm³/mol. The van der Waals surface area contributed by atoms with E-state index in [1.54, 1.807) is 36.4 Å². The van der Waals surface area contributed by atoms with Crippen LogP contribution in [0.1, 0.15) is 31.4 Å². The van der Waals surface area contributed by atoms with Gasteiger partial charge < -0.3 is 9.47 Å². The molecular weight excluding hydrogens is 429 g/mol. The van der Waals surface area contributed by atoms with Gasteiger partial charge in [0.05, 0.1) is 29.7 Å². The van der Waals surface area contributed by atoms with Crippen LogP contribution in [-0.4, -0.2) is 29.3 Å². The molecule has 0 aromatic heterocycles. The van der Waals surface area contributed by atoms with Gasteiger partial charge in [-0.3, -0.25) is 14.5 Å². The van der Waals surface area contributed by atoms with Crippen LogP contribution in [0, 0.1) is 5.82 Å². The number of hydrogen-bond acceptors (Lipinski definition) is 5. The summed E-state index contributed by atoms with van der Waals surface area (Å²) in [5.74, 6) is -0.0878. The van der Waals surface area contributed by atoms with Crippen LogP contribution in [0.4, 0.5) is 9.18 Å². The fraction of sp³-hybridized carbons (Fsp3) is 0.273. The molecule has 2 aromatic rings. The predicted octanol–water partition coefficient (Wildman–Crippen LogP) is 5.90. The van der Waals surface area contributed by atoms with Crippen LogP contribution in [-0.2, 0) is 11.3 Å². The smallest absolute Gasteiger partial charge is 0.293 e. The van der Waals surface area contributed by atoms with Crippen molar-refractivity contribution < 1.29 is 23.5 Å². The van der Waals surface area contributed by atoms with Crippen molar-refractivity contribution in [2.75, 3.05) is 7.11 Å². The van der Waals surface area contributed by atoms with E-state index in [0.29, 0.717) is 22.1 Å². The van der Waals surface area contributed by atoms with Crippen LogP contribution < -0.4 is 9.47 Å². The normalized spacial score (nSPS) is 16.3. The number of benzene rings is 2. The molecule has 2 amide bonds. The highest BCUT2D eigenvalue weighted by molar-refractivity contribution is 8.18. The molecule has 8 heteroatoms. The lowest BCUT2D eigenvalue weighted by Gasteiger charge is -2.17. The average molecular weight is 450 g/mol. The second kappa shape index (κ2) is 9.53. The summed E-state index contributed by atoms with van der Waals surface area (Å²) >= 11 is 7.17. The molecule has 5 nitrogen and oxygen atoms in total. The number of amides is 2. The Morgan fingerprint density at radius 3 is 2.67 bits per heavy atom. The van der Waals surface area contributed by atoms with Gasteiger partial charge in [-0.15, -0.1) is 0 Å². The van der Waals surface area contributed by atoms with Crippen molar-refractivity contribution in [2.45, 2.75) is 32.9 Å². The van der Waals surface area contributed by atoms with E-state index < -0.39 is 17.0 Å². The van der Waals surface area contributed by atoms with E-state index in [9.17, 15) is 14.0 Å².